The summed E-state index contributed by atoms with van der Waals surface area (Å²) in [5.41, 5.74) is 1.77. The molecular weight excluding hydrogens is 549 g/mol. The number of aliphatic carboxylic acids is 2. The summed E-state index contributed by atoms with van der Waals surface area (Å²) in [6.07, 6.45) is -6.98. The lowest BCUT2D eigenvalue weighted by atomic mass is 9.92. The number of carbonyl (C=O) groups is 2. The number of nitrogens with zero attached hydrogens (tertiary/aromatic N) is 2. The third-order valence-electron chi connectivity index (χ3n) is 5.23. The lowest BCUT2D eigenvalue weighted by Gasteiger charge is -2.47. The normalized spacial score (nSPS) is 18.4. The van der Waals surface area contributed by atoms with Crippen molar-refractivity contribution in [3.8, 4) is 0 Å². The summed E-state index contributed by atoms with van der Waals surface area (Å²) in [7, 11) is 0. The number of ether oxygens (including phenoxy) is 1. The highest BCUT2D eigenvalue weighted by molar-refractivity contribution is 8.01. The van der Waals surface area contributed by atoms with Crippen LogP contribution in [0, 0.1) is 5.82 Å². The van der Waals surface area contributed by atoms with Gasteiger partial charge in [0.2, 0.25) is 0 Å². The van der Waals surface area contributed by atoms with E-state index in [1.807, 2.05) is 42.1 Å². The van der Waals surface area contributed by atoms with Gasteiger partial charge in [-0.2, -0.15) is 26.3 Å². The molecule has 1 aromatic carbocycles. The molecule has 1 unspecified atom stereocenters. The van der Waals surface area contributed by atoms with Crippen molar-refractivity contribution in [2.75, 3.05) is 18.8 Å². The molecule has 7 nitrogen and oxygen atoms in total. The fourth-order valence-electron chi connectivity index (χ4n) is 3.56. The minimum atomic E-state index is -5.08. The van der Waals surface area contributed by atoms with Crippen LogP contribution in [0.5, 0.6) is 0 Å². The Bertz CT molecular complexity index is 1040. The number of thioether (sulfide) groups is 1. The molecule has 15 heteroatoms. The van der Waals surface area contributed by atoms with Crippen LogP contribution in [0.15, 0.2) is 48.7 Å². The smallest absolute Gasteiger partial charge is 0.475 e. The summed E-state index contributed by atoms with van der Waals surface area (Å²) in [5, 5.41) is 14.2. The van der Waals surface area contributed by atoms with E-state index in [0.717, 1.165) is 36.5 Å². The van der Waals surface area contributed by atoms with Gasteiger partial charge in [-0.1, -0.05) is 24.3 Å². The van der Waals surface area contributed by atoms with Crippen molar-refractivity contribution in [1.29, 1.82) is 0 Å². The third kappa shape index (κ3) is 10.1. The highest BCUT2D eigenvalue weighted by Gasteiger charge is 2.49. The van der Waals surface area contributed by atoms with Crippen LogP contribution in [-0.2, 0) is 27.5 Å². The summed E-state index contributed by atoms with van der Waals surface area (Å²) in [4.78, 5) is 24.4. The number of aromatic nitrogens is 1. The molecule has 2 aliphatic heterocycles. The van der Waals surface area contributed by atoms with E-state index in [2.05, 4.69) is 9.88 Å². The average molecular weight is 572 g/mol. The number of benzene rings is 1. The van der Waals surface area contributed by atoms with Crippen LogP contribution >= 0.6 is 11.8 Å². The van der Waals surface area contributed by atoms with Gasteiger partial charge in [0.15, 0.2) is 0 Å². The maximum absolute atomic E-state index is 13.7. The second-order valence-corrected chi connectivity index (χ2v) is 9.78. The first kappa shape index (κ1) is 31.3. The number of hydrogen-bond donors (Lipinski definition) is 2. The number of pyridine rings is 1. The SMILES string of the molecule is Fc1ccccc1CN1CC2(CC(OCc3ccccn3)CS2)C1.O=C(O)C(F)(F)F.O=C(O)C(F)(F)F. The zero-order valence-electron chi connectivity index (χ0n) is 19.5. The number of alkyl halides is 6. The lowest BCUT2D eigenvalue weighted by Crippen LogP contribution is -2.58. The fourth-order valence-corrected chi connectivity index (χ4v) is 5.17. The van der Waals surface area contributed by atoms with Crippen molar-refractivity contribution in [2.45, 2.75) is 42.8 Å². The van der Waals surface area contributed by atoms with E-state index in [1.54, 1.807) is 12.3 Å². The zero-order chi connectivity index (χ0) is 28.6. The van der Waals surface area contributed by atoms with Gasteiger partial charge in [-0.05, 0) is 24.6 Å². The Balaban J connectivity index is 0.000000301. The van der Waals surface area contributed by atoms with Crippen LogP contribution in [0.2, 0.25) is 0 Å². The van der Waals surface area contributed by atoms with E-state index in [4.69, 9.17) is 24.5 Å². The molecule has 0 radical (unpaired) electrons. The van der Waals surface area contributed by atoms with Crippen molar-refractivity contribution >= 4 is 23.7 Å². The molecule has 2 aliphatic rings. The van der Waals surface area contributed by atoms with Gasteiger partial charge in [0.05, 0.1) is 18.4 Å². The van der Waals surface area contributed by atoms with Crippen molar-refractivity contribution in [2.24, 2.45) is 0 Å². The molecule has 2 aromatic rings. The van der Waals surface area contributed by atoms with Crippen LogP contribution in [0.1, 0.15) is 17.7 Å². The van der Waals surface area contributed by atoms with E-state index >= 15 is 0 Å². The quantitative estimate of drug-likeness (QED) is 0.495. The number of hydrogen-bond acceptors (Lipinski definition) is 6. The molecule has 38 heavy (non-hydrogen) atoms. The van der Waals surface area contributed by atoms with E-state index in [0.29, 0.717) is 24.0 Å². The molecule has 0 saturated carbocycles. The molecule has 4 rings (SSSR count). The number of likely N-dealkylation sites (tertiary alicyclic amines) is 1. The number of carboxylic acids is 2. The Morgan fingerprint density at radius 1 is 1.00 bits per heavy atom. The summed E-state index contributed by atoms with van der Waals surface area (Å²) in [6, 6.07) is 13.0. The highest BCUT2D eigenvalue weighted by atomic mass is 32.2. The fraction of sp³-hybridized carbons (Fsp3) is 0.435. The standard InChI is InChI=1S/C19H21FN2OS.2C2HF3O2/c20-18-7-2-1-5-15(18)10-22-13-19(14-22)9-17(12-24-19)23-11-16-6-3-4-8-21-16;2*3-2(4,5)1(6)7/h1-8,17H,9-14H2;2*(H,6,7). The first-order valence-corrected chi connectivity index (χ1v) is 11.8. The summed E-state index contributed by atoms with van der Waals surface area (Å²) in [5.74, 6) is -4.57. The van der Waals surface area contributed by atoms with Gasteiger partial charge in [-0.15, -0.1) is 11.8 Å². The predicted octanol–water partition coefficient (Wildman–Crippen LogP) is 4.76. The van der Waals surface area contributed by atoms with Crippen LogP contribution in [0.3, 0.4) is 0 Å². The Morgan fingerprint density at radius 2 is 1.55 bits per heavy atom. The second kappa shape index (κ2) is 13.2. The molecular formula is C23H23F7N2O5S. The van der Waals surface area contributed by atoms with Crippen LogP contribution in [0.25, 0.3) is 0 Å². The monoisotopic (exact) mass is 572 g/mol. The number of carboxylic acid groups (broad SMARTS) is 2. The van der Waals surface area contributed by atoms with Gasteiger partial charge in [-0.25, -0.2) is 14.0 Å². The zero-order valence-corrected chi connectivity index (χ0v) is 20.3. The molecule has 0 aliphatic carbocycles. The Kier molecular flexibility index (Phi) is 10.9. The van der Waals surface area contributed by atoms with Gasteiger partial charge >= 0.3 is 24.3 Å². The van der Waals surface area contributed by atoms with E-state index in [-0.39, 0.29) is 5.82 Å². The van der Waals surface area contributed by atoms with Gasteiger partial charge in [0.1, 0.15) is 5.82 Å². The summed E-state index contributed by atoms with van der Waals surface area (Å²) in [6.45, 7) is 3.33. The van der Waals surface area contributed by atoms with E-state index in [9.17, 15) is 30.7 Å². The van der Waals surface area contributed by atoms with Crippen LogP contribution < -0.4 is 0 Å². The summed E-state index contributed by atoms with van der Waals surface area (Å²) >= 11 is 2.01. The van der Waals surface area contributed by atoms with Crippen molar-refractivity contribution in [1.82, 2.24) is 9.88 Å². The highest BCUT2D eigenvalue weighted by Crippen LogP contribution is 2.46. The Hall–Kier alpha value is -2.91. The first-order chi connectivity index (χ1) is 17.6. The van der Waals surface area contributed by atoms with Crippen LogP contribution in [-0.4, -0.2) is 74.1 Å². The van der Waals surface area contributed by atoms with Crippen molar-refractivity contribution in [3.05, 3.63) is 65.7 Å². The Morgan fingerprint density at radius 3 is 2.05 bits per heavy atom. The maximum atomic E-state index is 13.7. The second-order valence-electron chi connectivity index (χ2n) is 8.29. The van der Waals surface area contributed by atoms with Crippen LogP contribution in [0.4, 0.5) is 30.7 Å². The van der Waals surface area contributed by atoms with E-state index in [1.165, 1.54) is 6.07 Å². The maximum Gasteiger partial charge on any atom is 0.490 e. The largest absolute Gasteiger partial charge is 0.490 e. The average Bonchev–Trinajstić information content (AvgIpc) is 3.24. The molecule has 1 spiro atoms. The molecule has 2 fully saturated rings. The van der Waals surface area contributed by atoms with Crippen molar-refractivity contribution < 1.29 is 55.3 Å². The van der Waals surface area contributed by atoms with Gasteiger partial charge < -0.3 is 14.9 Å². The van der Waals surface area contributed by atoms with E-state index < -0.39 is 24.3 Å². The summed E-state index contributed by atoms with van der Waals surface area (Å²) < 4.78 is 83.6. The molecule has 0 bridgehead atoms. The first-order valence-electron chi connectivity index (χ1n) is 10.8. The minimum Gasteiger partial charge on any atom is -0.475 e. The third-order valence-corrected chi connectivity index (χ3v) is 6.80. The predicted molar refractivity (Wildman–Crippen MR) is 122 cm³/mol. The van der Waals surface area contributed by atoms with Gasteiger partial charge in [-0.3, -0.25) is 9.88 Å². The molecule has 3 heterocycles. The molecule has 2 saturated heterocycles. The molecule has 1 aromatic heterocycles. The molecule has 210 valence electrons. The lowest BCUT2D eigenvalue weighted by molar-refractivity contribution is -0.193. The topological polar surface area (TPSA) is 100.0 Å². The molecule has 0 amide bonds. The molecule has 1 atom stereocenters. The Labute approximate surface area is 216 Å². The van der Waals surface area contributed by atoms with Crippen molar-refractivity contribution in [3.63, 3.8) is 0 Å². The van der Waals surface area contributed by atoms with Gasteiger partial charge in [0, 0.05) is 41.9 Å². The van der Waals surface area contributed by atoms with Gasteiger partial charge in [0.25, 0.3) is 0 Å². The number of rotatable bonds is 5. The number of halogens is 7. The minimum absolute atomic E-state index is 0.103. The molecule has 2 N–H and O–H groups in total.